The van der Waals surface area contributed by atoms with Crippen LogP contribution in [0.4, 0.5) is 21.0 Å². The number of fused-ring (bicyclic) bond motifs is 1. The molecule has 0 saturated carbocycles. The van der Waals surface area contributed by atoms with Crippen LogP contribution in [0, 0.1) is 6.92 Å². The molecule has 3 rings (SSSR count). The molecule has 0 fully saturated rings. The van der Waals surface area contributed by atoms with Crippen molar-refractivity contribution in [3.8, 4) is 5.75 Å². The molecule has 0 unspecified atom stereocenters. The van der Waals surface area contributed by atoms with Gasteiger partial charge in [0.05, 0.1) is 12.8 Å². The Balaban J connectivity index is 1.69. The maximum atomic E-state index is 12.3. The van der Waals surface area contributed by atoms with Crippen molar-refractivity contribution in [3.05, 3.63) is 53.1 Å². The van der Waals surface area contributed by atoms with E-state index in [0.29, 0.717) is 36.6 Å². The van der Waals surface area contributed by atoms with E-state index in [1.54, 1.807) is 19.2 Å². The Labute approximate surface area is 151 Å². The number of methoxy groups -OCH3 is 1. The number of hydrogen-bond donors (Lipinski definition) is 3. The first kappa shape index (κ1) is 17.6. The summed E-state index contributed by atoms with van der Waals surface area (Å²) in [5, 5.41) is 14.7. The number of carbonyl (C=O) groups is 2. The molecule has 1 aliphatic rings. The van der Waals surface area contributed by atoms with E-state index < -0.39 is 6.09 Å². The number of urea groups is 1. The summed E-state index contributed by atoms with van der Waals surface area (Å²) in [5.41, 5.74) is 4.29. The average Bonchev–Trinajstić information content (AvgIpc) is 2.61. The average molecular weight is 355 g/mol. The number of nitrogens with one attached hydrogen (secondary N) is 2. The number of carbonyl (C=O) groups excluding carboxylic acids is 1. The molecule has 0 aliphatic carbocycles. The van der Waals surface area contributed by atoms with Crippen molar-refractivity contribution in [2.24, 2.45) is 0 Å². The van der Waals surface area contributed by atoms with Gasteiger partial charge >= 0.3 is 12.1 Å². The topological polar surface area (TPSA) is 90.9 Å². The Kier molecular flexibility index (Phi) is 4.97. The normalized spacial score (nSPS) is 12.9. The van der Waals surface area contributed by atoms with E-state index in [4.69, 9.17) is 9.84 Å². The van der Waals surface area contributed by atoms with E-state index in [9.17, 15) is 9.59 Å². The van der Waals surface area contributed by atoms with E-state index >= 15 is 0 Å². The van der Waals surface area contributed by atoms with E-state index in [0.717, 1.165) is 16.7 Å². The standard InChI is InChI=1S/C19H21N3O4/c1-12-3-6-17(26-2)16(9-12)21-18(23)20-15-5-4-14-11-22(19(24)25)8-7-13(14)10-15/h3-6,9-10H,7-8,11H2,1-2H3,(H,24,25)(H2,20,21,23). The van der Waals surface area contributed by atoms with Crippen molar-refractivity contribution in [1.29, 1.82) is 0 Å². The minimum Gasteiger partial charge on any atom is -0.495 e. The van der Waals surface area contributed by atoms with Gasteiger partial charge in [-0.15, -0.1) is 0 Å². The second-order valence-electron chi connectivity index (χ2n) is 6.22. The molecule has 3 N–H and O–H groups in total. The maximum Gasteiger partial charge on any atom is 0.407 e. The fourth-order valence-electron chi connectivity index (χ4n) is 3.00. The summed E-state index contributed by atoms with van der Waals surface area (Å²) < 4.78 is 5.26. The summed E-state index contributed by atoms with van der Waals surface area (Å²) in [6.07, 6.45) is -0.283. The molecule has 2 aromatic carbocycles. The highest BCUT2D eigenvalue weighted by Crippen LogP contribution is 2.26. The minimum atomic E-state index is -0.913. The van der Waals surface area contributed by atoms with Crippen molar-refractivity contribution in [2.75, 3.05) is 24.3 Å². The molecule has 0 aromatic heterocycles. The van der Waals surface area contributed by atoms with Gasteiger partial charge in [-0.25, -0.2) is 9.59 Å². The maximum absolute atomic E-state index is 12.3. The molecule has 7 heteroatoms. The van der Waals surface area contributed by atoms with Gasteiger partial charge in [-0.05, 0) is 54.3 Å². The van der Waals surface area contributed by atoms with Gasteiger partial charge in [0.2, 0.25) is 0 Å². The minimum absolute atomic E-state index is 0.364. The number of hydrogen-bond acceptors (Lipinski definition) is 3. The Bertz CT molecular complexity index is 851. The second-order valence-corrected chi connectivity index (χ2v) is 6.22. The first-order valence-corrected chi connectivity index (χ1v) is 8.28. The van der Waals surface area contributed by atoms with Crippen LogP contribution in [0.5, 0.6) is 5.75 Å². The molecule has 0 atom stereocenters. The number of ether oxygens (including phenoxy) is 1. The number of nitrogens with zero attached hydrogens (tertiary/aromatic N) is 1. The van der Waals surface area contributed by atoms with Crippen molar-refractivity contribution in [3.63, 3.8) is 0 Å². The lowest BCUT2D eigenvalue weighted by Crippen LogP contribution is -2.34. The lowest BCUT2D eigenvalue weighted by molar-refractivity contribution is 0.140. The highest BCUT2D eigenvalue weighted by molar-refractivity contribution is 6.00. The van der Waals surface area contributed by atoms with Crippen LogP contribution >= 0.6 is 0 Å². The van der Waals surface area contributed by atoms with Gasteiger partial charge in [-0.1, -0.05) is 12.1 Å². The summed E-state index contributed by atoms with van der Waals surface area (Å²) in [5.74, 6) is 0.588. The first-order chi connectivity index (χ1) is 12.5. The van der Waals surface area contributed by atoms with Crippen LogP contribution in [0.15, 0.2) is 36.4 Å². The molecule has 0 bridgehead atoms. The smallest absolute Gasteiger partial charge is 0.407 e. The molecule has 7 nitrogen and oxygen atoms in total. The molecule has 1 aliphatic heterocycles. The van der Waals surface area contributed by atoms with E-state index in [2.05, 4.69) is 10.6 Å². The Morgan fingerprint density at radius 3 is 2.65 bits per heavy atom. The largest absolute Gasteiger partial charge is 0.495 e. The summed E-state index contributed by atoms with van der Waals surface area (Å²) >= 11 is 0. The number of amides is 3. The number of anilines is 2. The van der Waals surface area contributed by atoms with Gasteiger partial charge in [0.25, 0.3) is 0 Å². The molecular formula is C19H21N3O4. The molecule has 0 radical (unpaired) electrons. The van der Waals surface area contributed by atoms with Crippen LogP contribution in [0.3, 0.4) is 0 Å². The van der Waals surface area contributed by atoms with Crippen molar-refractivity contribution >= 4 is 23.5 Å². The summed E-state index contributed by atoms with van der Waals surface area (Å²) in [4.78, 5) is 24.8. The molecule has 1 heterocycles. The third-order valence-corrected chi connectivity index (χ3v) is 4.35. The molecule has 0 saturated heterocycles. The fourth-order valence-corrected chi connectivity index (χ4v) is 3.00. The predicted molar refractivity (Wildman–Crippen MR) is 99.0 cm³/mol. The SMILES string of the molecule is COc1ccc(C)cc1NC(=O)Nc1ccc2c(c1)CCN(C(=O)O)C2. The van der Waals surface area contributed by atoms with Gasteiger partial charge in [-0.2, -0.15) is 0 Å². The number of carboxylic acid groups (broad SMARTS) is 1. The second kappa shape index (κ2) is 7.35. The van der Waals surface area contributed by atoms with Crippen molar-refractivity contribution in [2.45, 2.75) is 19.9 Å². The monoisotopic (exact) mass is 355 g/mol. The van der Waals surface area contributed by atoms with Crippen molar-refractivity contribution in [1.82, 2.24) is 4.90 Å². The van der Waals surface area contributed by atoms with E-state index in [1.165, 1.54) is 4.90 Å². The summed E-state index contributed by atoms with van der Waals surface area (Å²) in [7, 11) is 1.55. The molecular weight excluding hydrogens is 334 g/mol. The summed E-state index contributed by atoms with van der Waals surface area (Å²) in [6.45, 7) is 2.77. The third-order valence-electron chi connectivity index (χ3n) is 4.35. The van der Waals surface area contributed by atoms with Crippen LogP contribution < -0.4 is 15.4 Å². The van der Waals surface area contributed by atoms with Crippen LogP contribution in [0.2, 0.25) is 0 Å². The van der Waals surface area contributed by atoms with Crippen LogP contribution in [0.25, 0.3) is 0 Å². The number of rotatable bonds is 3. The van der Waals surface area contributed by atoms with Gasteiger partial charge < -0.3 is 25.4 Å². The fraction of sp³-hybridized carbons (Fsp3) is 0.263. The van der Waals surface area contributed by atoms with E-state index in [-0.39, 0.29) is 6.03 Å². The Morgan fingerprint density at radius 2 is 1.92 bits per heavy atom. The molecule has 0 spiro atoms. The Morgan fingerprint density at radius 1 is 1.12 bits per heavy atom. The Hall–Kier alpha value is -3.22. The molecule has 2 aromatic rings. The van der Waals surface area contributed by atoms with E-state index in [1.807, 2.05) is 31.2 Å². The van der Waals surface area contributed by atoms with Crippen molar-refractivity contribution < 1.29 is 19.4 Å². The van der Waals surface area contributed by atoms with Gasteiger partial charge in [-0.3, -0.25) is 0 Å². The van der Waals surface area contributed by atoms with Gasteiger partial charge in [0, 0.05) is 18.8 Å². The molecule has 26 heavy (non-hydrogen) atoms. The summed E-state index contributed by atoms with van der Waals surface area (Å²) in [6, 6.07) is 10.7. The zero-order valence-electron chi connectivity index (χ0n) is 14.7. The van der Waals surface area contributed by atoms with Gasteiger partial charge in [0.15, 0.2) is 0 Å². The van der Waals surface area contributed by atoms with Crippen LogP contribution in [0.1, 0.15) is 16.7 Å². The number of aryl methyl sites for hydroxylation is 1. The molecule has 136 valence electrons. The lowest BCUT2D eigenvalue weighted by atomic mass is 9.99. The van der Waals surface area contributed by atoms with Crippen LogP contribution in [-0.4, -0.2) is 35.8 Å². The quantitative estimate of drug-likeness (QED) is 0.783. The molecule has 3 amide bonds. The zero-order chi connectivity index (χ0) is 18.7. The van der Waals surface area contributed by atoms with Gasteiger partial charge in [0.1, 0.15) is 5.75 Å². The highest BCUT2D eigenvalue weighted by atomic mass is 16.5. The highest BCUT2D eigenvalue weighted by Gasteiger charge is 2.20. The van der Waals surface area contributed by atoms with Crippen LogP contribution in [-0.2, 0) is 13.0 Å². The first-order valence-electron chi connectivity index (χ1n) is 8.28. The zero-order valence-corrected chi connectivity index (χ0v) is 14.7. The lowest BCUT2D eigenvalue weighted by Gasteiger charge is -2.26. The third kappa shape index (κ3) is 3.88. The number of benzene rings is 2. The predicted octanol–water partition coefficient (Wildman–Crippen LogP) is 3.68.